The molecule has 2 aromatic carbocycles. The molecule has 2 amide bonds. The first kappa shape index (κ1) is 18.4. The van der Waals surface area contributed by atoms with Crippen molar-refractivity contribution < 1.29 is 19.1 Å². The lowest BCUT2D eigenvalue weighted by atomic mass is 9.98. The van der Waals surface area contributed by atoms with Gasteiger partial charge >= 0.3 is 5.97 Å². The van der Waals surface area contributed by atoms with E-state index in [2.05, 4.69) is 0 Å². The van der Waals surface area contributed by atoms with Crippen molar-refractivity contribution in [3.05, 3.63) is 69.2 Å². The predicted octanol–water partition coefficient (Wildman–Crippen LogP) is 3.65. The van der Waals surface area contributed by atoms with Gasteiger partial charge in [-0.25, -0.2) is 0 Å². The number of carbonyl (C=O) groups excluding carboxylic acids is 3. The summed E-state index contributed by atoms with van der Waals surface area (Å²) in [5.74, 6) is -1.25. The smallest absolute Gasteiger partial charge is 0.307 e. The van der Waals surface area contributed by atoms with Gasteiger partial charge in [0.1, 0.15) is 6.61 Å². The van der Waals surface area contributed by atoms with E-state index in [1.807, 2.05) is 0 Å². The molecule has 0 aromatic heterocycles. The van der Waals surface area contributed by atoms with E-state index in [-0.39, 0.29) is 31.9 Å². The van der Waals surface area contributed by atoms with Crippen molar-refractivity contribution in [1.29, 1.82) is 0 Å². The molecule has 2 aromatic rings. The van der Waals surface area contributed by atoms with E-state index >= 15 is 0 Å². The summed E-state index contributed by atoms with van der Waals surface area (Å²) in [4.78, 5) is 37.7. The molecule has 0 fully saturated rings. The fourth-order valence-electron chi connectivity index (χ4n) is 2.72. The molecule has 5 nitrogen and oxygen atoms in total. The molecule has 26 heavy (non-hydrogen) atoms. The molecule has 134 valence electrons. The van der Waals surface area contributed by atoms with E-state index in [0.29, 0.717) is 26.7 Å². The summed E-state index contributed by atoms with van der Waals surface area (Å²) in [6.45, 7) is -0.0941. The number of amides is 2. The van der Waals surface area contributed by atoms with Crippen molar-refractivity contribution in [3.63, 3.8) is 0 Å². The Kier molecular flexibility index (Phi) is 5.59. The third kappa shape index (κ3) is 3.89. The van der Waals surface area contributed by atoms with Crippen molar-refractivity contribution in [1.82, 2.24) is 4.90 Å². The highest BCUT2D eigenvalue weighted by Crippen LogP contribution is 2.25. The number of imide groups is 1. The number of ether oxygens (including phenoxy) is 1. The minimum Gasteiger partial charge on any atom is -0.461 e. The molecule has 1 aliphatic rings. The highest BCUT2D eigenvalue weighted by atomic mass is 35.5. The largest absolute Gasteiger partial charge is 0.461 e. The average Bonchev–Trinajstić information content (AvgIpc) is 2.61. The van der Waals surface area contributed by atoms with Gasteiger partial charge in [0, 0.05) is 27.7 Å². The second-order valence-corrected chi connectivity index (χ2v) is 6.61. The molecule has 0 saturated carbocycles. The van der Waals surface area contributed by atoms with Crippen LogP contribution in [0.25, 0.3) is 0 Å². The quantitative estimate of drug-likeness (QED) is 0.576. The lowest BCUT2D eigenvalue weighted by Crippen LogP contribution is -2.43. The Balaban J connectivity index is 1.58. The second-order valence-electron chi connectivity index (χ2n) is 5.80. The van der Waals surface area contributed by atoms with E-state index in [0.717, 1.165) is 4.90 Å². The molecule has 0 atom stereocenters. The van der Waals surface area contributed by atoms with Crippen LogP contribution in [0.1, 0.15) is 27.9 Å². The zero-order valence-corrected chi connectivity index (χ0v) is 15.2. The van der Waals surface area contributed by atoms with Crippen LogP contribution in [0.3, 0.4) is 0 Å². The summed E-state index contributed by atoms with van der Waals surface area (Å²) in [6, 6.07) is 12.0. The first-order valence-corrected chi connectivity index (χ1v) is 8.74. The Bertz CT molecular complexity index is 861. The second kappa shape index (κ2) is 7.89. The number of nitrogens with zero attached hydrogens (tertiary/aromatic N) is 1. The third-order valence-corrected chi connectivity index (χ3v) is 4.82. The number of carbonyl (C=O) groups is 3. The minimum atomic E-state index is -0.541. The van der Waals surface area contributed by atoms with E-state index < -0.39 is 11.9 Å². The van der Waals surface area contributed by atoms with Crippen LogP contribution in [0.4, 0.5) is 0 Å². The fourth-order valence-corrected chi connectivity index (χ4v) is 3.23. The number of fused-ring (bicyclic) bond motifs is 1. The van der Waals surface area contributed by atoms with Gasteiger partial charge < -0.3 is 4.74 Å². The van der Waals surface area contributed by atoms with Gasteiger partial charge in [0.2, 0.25) is 5.91 Å². The Morgan fingerprint density at radius 3 is 2.46 bits per heavy atom. The van der Waals surface area contributed by atoms with Gasteiger partial charge in [-0.2, -0.15) is 0 Å². The zero-order chi connectivity index (χ0) is 18.7. The zero-order valence-electron chi connectivity index (χ0n) is 13.7. The maximum atomic E-state index is 12.4. The van der Waals surface area contributed by atoms with Crippen LogP contribution in [0, 0.1) is 0 Å². The summed E-state index contributed by atoms with van der Waals surface area (Å²) in [6.07, 6.45) is 0.0495. The molecular weight excluding hydrogens is 377 g/mol. The van der Waals surface area contributed by atoms with Crippen LogP contribution in [-0.4, -0.2) is 29.2 Å². The number of halogens is 2. The van der Waals surface area contributed by atoms with Gasteiger partial charge in [-0.15, -0.1) is 0 Å². The molecule has 0 N–H and O–H groups in total. The average molecular weight is 392 g/mol. The maximum absolute atomic E-state index is 12.4. The standard InChI is InChI=1S/C19H15Cl2NO4/c20-15-6-3-7-16(21)14(15)11-26-18(24)8-9-22-17(23)10-12-4-1-2-5-13(12)19(22)25/h1-7H,8-11H2. The Hall–Kier alpha value is -2.37. The molecule has 1 aliphatic heterocycles. The third-order valence-electron chi connectivity index (χ3n) is 4.11. The van der Waals surface area contributed by atoms with E-state index in [1.165, 1.54) is 0 Å². The molecule has 7 heteroatoms. The van der Waals surface area contributed by atoms with Crippen LogP contribution in [0.2, 0.25) is 10.0 Å². The van der Waals surface area contributed by atoms with Crippen LogP contribution in [0.5, 0.6) is 0 Å². The van der Waals surface area contributed by atoms with Crippen molar-refractivity contribution in [2.24, 2.45) is 0 Å². The van der Waals surface area contributed by atoms with Gasteiger partial charge in [-0.05, 0) is 23.8 Å². The first-order valence-electron chi connectivity index (χ1n) is 7.98. The SMILES string of the molecule is O=C(CCN1C(=O)Cc2ccccc2C1=O)OCc1c(Cl)cccc1Cl. The monoisotopic (exact) mass is 391 g/mol. The molecule has 0 saturated heterocycles. The van der Waals surface area contributed by atoms with Gasteiger partial charge in [-0.1, -0.05) is 47.5 Å². The predicted molar refractivity (Wildman–Crippen MR) is 97.1 cm³/mol. The van der Waals surface area contributed by atoms with E-state index in [1.54, 1.807) is 42.5 Å². The summed E-state index contributed by atoms with van der Waals surface area (Å²) in [7, 11) is 0. The van der Waals surface area contributed by atoms with E-state index in [4.69, 9.17) is 27.9 Å². The van der Waals surface area contributed by atoms with Crippen molar-refractivity contribution in [2.75, 3.05) is 6.54 Å². The van der Waals surface area contributed by atoms with Crippen LogP contribution >= 0.6 is 23.2 Å². The van der Waals surface area contributed by atoms with Gasteiger partial charge in [0.15, 0.2) is 0 Å². The highest BCUT2D eigenvalue weighted by molar-refractivity contribution is 6.35. The van der Waals surface area contributed by atoms with Crippen molar-refractivity contribution in [3.8, 4) is 0 Å². The molecule has 0 radical (unpaired) electrons. The lowest BCUT2D eigenvalue weighted by molar-refractivity contribution is -0.145. The molecule has 0 spiro atoms. The van der Waals surface area contributed by atoms with Crippen LogP contribution < -0.4 is 0 Å². The van der Waals surface area contributed by atoms with Crippen LogP contribution in [-0.2, 0) is 27.4 Å². The minimum absolute atomic E-state index is 0.0267. The Morgan fingerprint density at radius 1 is 1.04 bits per heavy atom. The number of rotatable bonds is 5. The number of hydrogen-bond donors (Lipinski definition) is 0. The fraction of sp³-hybridized carbons (Fsp3) is 0.211. The van der Waals surface area contributed by atoms with Gasteiger partial charge in [-0.3, -0.25) is 19.3 Å². The van der Waals surface area contributed by atoms with Gasteiger partial charge in [0.25, 0.3) is 5.91 Å². The molecule has 0 aliphatic carbocycles. The first-order chi connectivity index (χ1) is 12.5. The molecule has 0 unspecified atom stereocenters. The lowest BCUT2D eigenvalue weighted by Gasteiger charge is -2.26. The summed E-state index contributed by atoms with van der Waals surface area (Å²) < 4.78 is 5.16. The molecule has 0 bridgehead atoms. The van der Waals surface area contributed by atoms with Crippen molar-refractivity contribution in [2.45, 2.75) is 19.4 Å². The number of hydrogen-bond acceptors (Lipinski definition) is 4. The highest BCUT2D eigenvalue weighted by Gasteiger charge is 2.30. The topological polar surface area (TPSA) is 63.7 Å². The summed E-state index contributed by atoms with van der Waals surface area (Å²) >= 11 is 12.0. The summed E-state index contributed by atoms with van der Waals surface area (Å²) in [5.41, 5.74) is 1.71. The Morgan fingerprint density at radius 2 is 1.73 bits per heavy atom. The molecule has 3 rings (SSSR count). The number of benzene rings is 2. The van der Waals surface area contributed by atoms with Gasteiger partial charge in [0.05, 0.1) is 12.8 Å². The van der Waals surface area contributed by atoms with E-state index in [9.17, 15) is 14.4 Å². The van der Waals surface area contributed by atoms with Crippen molar-refractivity contribution >= 4 is 41.0 Å². The maximum Gasteiger partial charge on any atom is 0.307 e. The Labute approximate surface area is 160 Å². The number of esters is 1. The van der Waals surface area contributed by atoms with Crippen LogP contribution in [0.15, 0.2) is 42.5 Å². The normalized spacial score (nSPS) is 13.5. The molecular formula is C19H15Cl2NO4. The molecule has 1 heterocycles. The summed E-state index contributed by atoms with van der Waals surface area (Å²) in [5, 5.41) is 0.812.